The van der Waals surface area contributed by atoms with Crippen molar-refractivity contribution in [3.8, 4) is 11.5 Å². The van der Waals surface area contributed by atoms with Crippen molar-refractivity contribution in [2.45, 2.75) is 68.3 Å². The molecule has 9 rings (SSSR count). The number of imidazole rings is 2. The molecule has 3 aliphatic rings. The fraction of sp³-hybridized carbons (Fsp3) is 0.378. The minimum Gasteiger partial charge on any atom is -0.494 e. The number of aromatic amines is 1. The Labute approximate surface area is 371 Å². The Morgan fingerprint density at radius 3 is 2.20 bits per heavy atom. The first-order valence-electron chi connectivity index (χ1n) is 19.8. The van der Waals surface area contributed by atoms with Gasteiger partial charge in [0.2, 0.25) is 13.5 Å². The van der Waals surface area contributed by atoms with Gasteiger partial charge in [-0.3, -0.25) is 32.5 Å². The number of rotatable bonds is 10. The van der Waals surface area contributed by atoms with Crippen molar-refractivity contribution >= 4 is 73.3 Å². The van der Waals surface area contributed by atoms with E-state index in [1.807, 2.05) is 6.92 Å². The largest absolute Gasteiger partial charge is 0.494 e. The summed E-state index contributed by atoms with van der Waals surface area (Å²) in [6.07, 6.45) is -9.90. The van der Waals surface area contributed by atoms with Gasteiger partial charge >= 0.3 is 12.8 Å². The van der Waals surface area contributed by atoms with Crippen LogP contribution < -0.4 is 26.5 Å². The molecule has 65 heavy (non-hydrogen) atoms. The number of alkyl halides is 2. The standard InChI is InChI=1S/C37H37BF2N10O12P2S/c1-2-11-55-20-9-5-19(6-10-20)36(52)58-21-7-3-18(4-8-21)14-65-64(54)57-13-23-28(24(39)35(60-23)50-17-46-27-32(50)47-37(42)48-33(27)51)61-63(38,53)56-12-22-29(62-64)25(40)34(59-22)49-16-45-26-30(41)43-15-44-31(26)49/h3-10,15-17,22-25,28-29,34-35H,2,11-14H2,1H3,(H2,41,43,44)(H3,42,47,48,51)/t22-,23-,24-,25-,28-,29-,34-,35-,63+,64-/m1/s1. The lowest BCUT2D eigenvalue weighted by atomic mass is 10.1. The summed E-state index contributed by atoms with van der Waals surface area (Å²) < 4.78 is 111. The maximum atomic E-state index is 16.8. The van der Waals surface area contributed by atoms with Gasteiger partial charge < -0.3 is 39.5 Å². The smallest absolute Gasteiger partial charge is 0.389 e. The third kappa shape index (κ3) is 9.27. The summed E-state index contributed by atoms with van der Waals surface area (Å²) in [4.78, 5) is 47.9. The number of halogens is 2. The van der Waals surface area contributed by atoms with Crippen molar-refractivity contribution in [2.75, 3.05) is 31.3 Å². The number of anilines is 2. The molecule has 3 aliphatic heterocycles. The summed E-state index contributed by atoms with van der Waals surface area (Å²) in [6, 6.07) is 12.7. The van der Waals surface area contributed by atoms with E-state index in [9.17, 15) is 18.7 Å². The van der Waals surface area contributed by atoms with Crippen LogP contribution in [0.3, 0.4) is 0 Å². The minimum atomic E-state index is -4.75. The fourth-order valence-corrected chi connectivity index (χ4v) is 11.6. The molecule has 6 aromatic rings. The van der Waals surface area contributed by atoms with E-state index in [0.29, 0.717) is 34.9 Å². The predicted molar refractivity (Wildman–Crippen MR) is 227 cm³/mol. The molecule has 0 aliphatic carbocycles. The van der Waals surface area contributed by atoms with Gasteiger partial charge in [-0.05, 0) is 59.8 Å². The van der Waals surface area contributed by atoms with E-state index in [2.05, 4.69) is 29.9 Å². The zero-order chi connectivity index (χ0) is 45.6. The van der Waals surface area contributed by atoms with Gasteiger partial charge in [0, 0.05) is 5.75 Å². The second kappa shape index (κ2) is 18.2. The summed E-state index contributed by atoms with van der Waals surface area (Å²) in [5, 5.41) is 0. The van der Waals surface area contributed by atoms with Crippen LogP contribution in [0.2, 0.25) is 0 Å². The van der Waals surface area contributed by atoms with E-state index < -0.39 is 88.2 Å². The van der Waals surface area contributed by atoms with Crippen molar-refractivity contribution in [2.24, 2.45) is 0 Å². The normalized spacial score (nSPS) is 29.5. The molecule has 22 nitrogen and oxygen atoms in total. The lowest BCUT2D eigenvalue weighted by Crippen LogP contribution is -2.37. The number of aromatic nitrogens is 8. The van der Waals surface area contributed by atoms with Gasteiger partial charge in [-0.25, -0.2) is 38.1 Å². The van der Waals surface area contributed by atoms with Crippen molar-refractivity contribution < 1.29 is 59.7 Å². The van der Waals surface area contributed by atoms with Crippen molar-refractivity contribution in [1.82, 2.24) is 39.0 Å². The van der Waals surface area contributed by atoms with Crippen LogP contribution >= 0.6 is 25.7 Å². The Kier molecular flexibility index (Phi) is 12.6. The minimum absolute atomic E-state index is 0.00870. The molecule has 28 heteroatoms. The van der Waals surface area contributed by atoms with Gasteiger partial charge in [0.15, 0.2) is 47.4 Å². The Morgan fingerprint density at radius 1 is 0.877 bits per heavy atom. The number of nitrogens with one attached hydrogen (secondary N) is 1. The fourth-order valence-electron chi connectivity index (χ4n) is 7.21. The quantitative estimate of drug-likeness (QED) is 0.0723. The van der Waals surface area contributed by atoms with E-state index in [0.717, 1.165) is 23.6 Å². The van der Waals surface area contributed by atoms with Crippen LogP contribution in [0.15, 0.2) is 72.3 Å². The number of nitrogens with two attached hydrogens (primary N) is 2. The second-order valence-corrected chi connectivity index (χ2v) is 20.4. The molecule has 3 fully saturated rings. The van der Waals surface area contributed by atoms with E-state index >= 15 is 8.78 Å². The molecule has 4 aromatic heterocycles. The molecule has 0 amide bonds. The van der Waals surface area contributed by atoms with Gasteiger partial charge in [-0.2, -0.15) is 4.98 Å². The number of carbonyl (C=O) groups is 1. The van der Waals surface area contributed by atoms with Crippen LogP contribution in [-0.2, 0) is 42.5 Å². The van der Waals surface area contributed by atoms with Crippen LogP contribution in [0.1, 0.15) is 41.7 Å². The maximum Gasteiger partial charge on any atom is 0.389 e. The molecule has 10 atom stereocenters. The number of H-pyrrole nitrogens is 1. The molecule has 0 saturated carbocycles. The molecule has 0 bridgehead atoms. The molecule has 340 valence electrons. The number of fused-ring (bicyclic) bond motifs is 4. The Hall–Kier alpha value is -5.30. The maximum absolute atomic E-state index is 16.8. The van der Waals surface area contributed by atoms with Gasteiger partial charge in [-0.1, -0.05) is 19.1 Å². The number of hydrogen-bond donors (Lipinski definition) is 3. The third-order valence-corrected chi connectivity index (χ3v) is 15.0. The van der Waals surface area contributed by atoms with Gasteiger partial charge in [0.05, 0.1) is 38.0 Å². The van der Waals surface area contributed by atoms with Crippen LogP contribution in [0, 0.1) is 0 Å². The van der Waals surface area contributed by atoms with Crippen molar-refractivity contribution in [1.29, 1.82) is 0 Å². The molecule has 7 heterocycles. The summed E-state index contributed by atoms with van der Waals surface area (Å²) in [6.45, 7) is -3.63. The zero-order valence-corrected chi connectivity index (χ0v) is 36.4. The average molecular weight is 957 g/mol. The Balaban J connectivity index is 0.981. The lowest BCUT2D eigenvalue weighted by Gasteiger charge is -2.30. The lowest BCUT2D eigenvalue weighted by molar-refractivity contribution is -0.0546. The highest BCUT2D eigenvalue weighted by Gasteiger charge is 2.54. The molecule has 5 N–H and O–H groups in total. The predicted octanol–water partition coefficient (Wildman–Crippen LogP) is 4.74. The van der Waals surface area contributed by atoms with Crippen molar-refractivity contribution in [3.63, 3.8) is 0 Å². The first-order chi connectivity index (χ1) is 31.2. The van der Waals surface area contributed by atoms with Crippen LogP contribution in [0.4, 0.5) is 20.5 Å². The molecule has 3 saturated heterocycles. The van der Waals surface area contributed by atoms with Gasteiger partial charge in [-0.15, -0.1) is 0 Å². The molecular formula is C37H37BF2N10O12P2S. The third-order valence-electron chi connectivity index (χ3n) is 10.3. The van der Waals surface area contributed by atoms with Crippen LogP contribution in [0.5, 0.6) is 11.5 Å². The molecule has 0 unspecified atom stereocenters. The highest BCUT2D eigenvalue weighted by atomic mass is 32.7. The highest BCUT2D eigenvalue weighted by molar-refractivity contribution is 8.54. The summed E-state index contributed by atoms with van der Waals surface area (Å²) in [7, 11) is 1.24. The molecular weight excluding hydrogens is 919 g/mol. The number of ether oxygens (including phenoxy) is 4. The number of benzene rings is 2. The first-order valence-corrected chi connectivity index (χ1v) is 24.5. The Bertz CT molecular complexity index is 2880. The number of nitrogens with zero attached hydrogens (tertiary/aromatic N) is 7. The number of carbonyl (C=O) groups excluding carboxylic acids is 1. The van der Waals surface area contributed by atoms with E-state index in [-0.39, 0.29) is 45.6 Å². The van der Waals surface area contributed by atoms with Crippen molar-refractivity contribution in [3.05, 3.63) is 89.0 Å². The van der Waals surface area contributed by atoms with E-state index in [4.69, 9.17) is 56.1 Å². The summed E-state index contributed by atoms with van der Waals surface area (Å²) in [5.74, 6) is -0.156. The molecule has 0 spiro atoms. The van der Waals surface area contributed by atoms with E-state index in [1.165, 1.54) is 23.0 Å². The zero-order valence-electron chi connectivity index (χ0n) is 33.8. The number of nitrogen functional groups attached to an aromatic ring is 2. The van der Waals surface area contributed by atoms with Gasteiger partial charge in [0.25, 0.3) is 13.0 Å². The van der Waals surface area contributed by atoms with Gasteiger partial charge in [0.1, 0.15) is 47.8 Å². The average Bonchev–Trinajstić information content (AvgIpc) is 4.05. The first kappa shape index (κ1) is 44.9. The van der Waals surface area contributed by atoms with E-state index in [1.54, 1.807) is 36.4 Å². The molecule has 2 radical (unpaired) electrons. The van der Waals surface area contributed by atoms with Crippen LogP contribution in [-0.4, -0.2) is 109 Å². The number of hydrogen-bond acceptors (Lipinski definition) is 20. The number of esters is 1. The summed E-state index contributed by atoms with van der Waals surface area (Å²) >= 11 is 0.645. The topological polar surface area (TPSA) is 284 Å². The highest BCUT2D eigenvalue weighted by Crippen LogP contribution is 2.65. The monoisotopic (exact) mass is 956 g/mol. The van der Waals surface area contributed by atoms with Crippen LogP contribution in [0.25, 0.3) is 22.3 Å². The Morgan fingerprint density at radius 2 is 1.51 bits per heavy atom. The SMILES string of the molecule is [B][P@]1(=O)OC[C@H]2O[C@@H](n3cnc4c(N)ncnc43)[C@H](F)[C@@H]2O[P@](=O)(SCc2ccc(OC(=O)c3ccc(OCCC)cc3)cc2)OC[C@H]2O[C@@H](n3cnc4c(=O)[nH]c(N)nc43)[C@H](F)[C@@H]2O1. The molecule has 2 aromatic carbocycles. The second-order valence-electron chi connectivity index (χ2n) is 14.8. The summed E-state index contributed by atoms with van der Waals surface area (Å²) in [5.41, 5.74) is 11.7.